The predicted molar refractivity (Wildman–Crippen MR) is 126 cm³/mol. The molecule has 9 heteroatoms. The number of carbonyl (C=O) groups excluding carboxylic acids is 2. The van der Waals surface area contributed by atoms with Crippen LogP contribution < -0.4 is 15.4 Å². The Labute approximate surface area is 191 Å². The Morgan fingerprint density at radius 1 is 1.16 bits per heavy atom. The van der Waals surface area contributed by atoms with Gasteiger partial charge in [0.15, 0.2) is 11.0 Å². The lowest BCUT2D eigenvalue weighted by molar-refractivity contribution is -0.119. The number of carbonyl (C=O) groups is 2. The molecule has 3 aromatic rings. The minimum absolute atomic E-state index is 0.415. The molecule has 32 heavy (non-hydrogen) atoms. The van der Waals surface area contributed by atoms with Crippen LogP contribution in [-0.4, -0.2) is 39.1 Å². The van der Waals surface area contributed by atoms with Gasteiger partial charge in [0, 0.05) is 12.2 Å². The average molecular weight is 454 g/mol. The van der Waals surface area contributed by atoms with Crippen LogP contribution >= 0.6 is 11.8 Å². The maximum Gasteiger partial charge on any atom is 0.325 e. The molecule has 8 nitrogen and oxygen atoms in total. The lowest BCUT2D eigenvalue weighted by atomic mass is 10.1. The zero-order chi connectivity index (χ0) is 23.3. The largest absolute Gasteiger partial charge is 0.496 e. The number of methoxy groups -OCH3 is 1. The first-order chi connectivity index (χ1) is 15.3. The number of amides is 3. The standard InChI is InChI=1S/C23H27N5O3S/c1-6-28-20(17-9-7-8-10-19(17)31-5)26-27-23(28)32-16(4)21(29)25-22(30)24-18-12-11-14(2)13-15(18)3/h7-13,16H,6H2,1-5H3,(H2,24,25,29,30). The normalized spacial score (nSPS) is 11.7. The highest BCUT2D eigenvalue weighted by atomic mass is 32.2. The molecule has 1 aromatic heterocycles. The maximum absolute atomic E-state index is 12.6. The molecule has 1 heterocycles. The number of ether oxygens (including phenoxy) is 1. The van der Waals surface area contributed by atoms with Crippen molar-refractivity contribution in [2.45, 2.75) is 44.6 Å². The van der Waals surface area contributed by atoms with Crippen LogP contribution in [0.3, 0.4) is 0 Å². The number of thioether (sulfide) groups is 1. The summed E-state index contributed by atoms with van der Waals surface area (Å²) >= 11 is 1.24. The van der Waals surface area contributed by atoms with Gasteiger partial charge in [0.25, 0.3) is 0 Å². The van der Waals surface area contributed by atoms with E-state index in [9.17, 15) is 9.59 Å². The molecule has 3 rings (SSSR count). The van der Waals surface area contributed by atoms with Crippen molar-refractivity contribution < 1.29 is 14.3 Å². The molecule has 0 spiro atoms. The van der Waals surface area contributed by atoms with Crippen LogP contribution in [0.25, 0.3) is 11.4 Å². The van der Waals surface area contributed by atoms with Crippen LogP contribution in [0.15, 0.2) is 47.6 Å². The highest BCUT2D eigenvalue weighted by Crippen LogP contribution is 2.32. The SMILES string of the molecule is CCn1c(SC(C)C(=O)NC(=O)Nc2ccc(C)cc2C)nnc1-c1ccccc1OC. The molecule has 2 N–H and O–H groups in total. The van der Waals surface area contributed by atoms with Gasteiger partial charge in [-0.1, -0.05) is 41.6 Å². The van der Waals surface area contributed by atoms with Crippen LogP contribution in [0, 0.1) is 13.8 Å². The molecule has 168 valence electrons. The highest BCUT2D eigenvalue weighted by molar-refractivity contribution is 8.00. The molecule has 0 aliphatic heterocycles. The summed E-state index contributed by atoms with van der Waals surface area (Å²) in [6.07, 6.45) is 0. The van der Waals surface area contributed by atoms with Gasteiger partial charge in [-0.3, -0.25) is 10.1 Å². The number of nitrogens with zero attached hydrogens (tertiary/aromatic N) is 3. The minimum atomic E-state index is -0.568. The van der Waals surface area contributed by atoms with Gasteiger partial charge in [-0.05, 0) is 51.5 Å². The first-order valence-electron chi connectivity index (χ1n) is 10.3. The Kier molecular flexibility index (Phi) is 7.53. The number of rotatable bonds is 7. The van der Waals surface area contributed by atoms with Crippen molar-refractivity contribution in [1.82, 2.24) is 20.1 Å². The summed E-state index contributed by atoms with van der Waals surface area (Å²) in [4.78, 5) is 24.9. The number of para-hydroxylation sites is 1. The van der Waals surface area contributed by atoms with E-state index in [0.29, 0.717) is 29.0 Å². The summed E-state index contributed by atoms with van der Waals surface area (Å²) in [5, 5.41) is 13.7. The molecule has 0 fully saturated rings. The average Bonchev–Trinajstić information content (AvgIpc) is 3.17. The molecular weight excluding hydrogens is 426 g/mol. The summed E-state index contributed by atoms with van der Waals surface area (Å²) in [6.45, 7) is 8.20. The van der Waals surface area contributed by atoms with Gasteiger partial charge in [-0.15, -0.1) is 10.2 Å². The van der Waals surface area contributed by atoms with E-state index in [1.165, 1.54) is 11.8 Å². The van der Waals surface area contributed by atoms with Gasteiger partial charge in [0.1, 0.15) is 5.75 Å². The van der Waals surface area contributed by atoms with Gasteiger partial charge in [0.05, 0.1) is 17.9 Å². The van der Waals surface area contributed by atoms with E-state index in [0.717, 1.165) is 16.7 Å². The zero-order valence-corrected chi connectivity index (χ0v) is 19.6. The Morgan fingerprint density at radius 2 is 1.91 bits per heavy atom. The fourth-order valence-corrected chi connectivity index (χ4v) is 4.14. The fourth-order valence-electron chi connectivity index (χ4n) is 3.22. The van der Waals surface area contributed by atoms with Gasteiger partial charge in [-0.25, -0.2) is 4.79 Å². The van der Waals surface area contributed by atoms with Gasteiger partial charge >= 0.3 is 6.03 Å². The van der Waals surface area contributed by atoms with Crippen molar-refractivity contribution in [1.29, 1.82) is 0 Å². The number of imide groups is 1. The van der Waals surface area contributed by atoms with E-state index < -0.39 is 17.2 Å². The lowest BCUT2D eigenvalue weighted by Gasteiger charge is -2.14. The van der Waals surface area contributed by atoms with E-state index >= 15 is 0 Å². The summed E-state index contributed by atoms with van der Waals surface area (Å²) in [6, 6.07) is 12.7. The third kappa shape index (κ3) is 5.28. The molecule has 0 aliphatic carbocycles. The number of benzene rings is 2. The van der Waals surface area contributed by atoms with Crippen LogP contribution in [0.2, 0.25) is 0 Å². The molecule has 0 saturated carbocycles. The minimum Gasteiger partial charge on any atom is -0.496 e. The number of urea groups is 1. The third-order valence-corrected chi connectivity index (χ3v) is 5.98. The van der Waals surface area contributed by atoms with Crippen LogP contribution in [0.4, 0.5) is 10.5 Å². The van der Waals surface area contributed by atoms with Crippen LogP contribution in [0.1, 0.15) is 25.0 Å². The van der Waals surface area contributed by atoms with Crippen molar-refractivity contribution in [3.63, 3.8) is 0 Å². The Balaban J connectivity index is 1.68. The molecule has 0 saturated heterocycles. The van der Waals surface area contributed by atoms with Crippen molar-refractivity contribution in [2.24, 2.45) is 0 Å². The van der Waals surface area contributed by atoms with Crippen molar-refractivity contribution in [3.8, 4) is 17.1 Å². The maximum atomic E-state index is 12.6. The number of nitrogens with one attached hydrogen (secondary N) is 2. The molecule has 1 unspecified atom stereocenters. The van der Waals surface area contributed by atoms with Crippen molar-refractivity contribution in [2.75, 3.05) is 12.4 Å². The van der Waals surface area contributed by atoms with E-state index in [1.54, 1.807) is 14.0 Å². The van der Waals surface area contributed by atoms with Crippen molar-refractivity contribution in [3.05, 3.63) is 53.6 Å². The third-order valence-electron chi connectivity index (χ3n) is 4.90. The van der Waals surface area contributed by atoms with E-state index in [2.05, 4.69) is 20.8 Å². The van der Waals surface area contributed by atoms with E-state index in [1.807, 2.05) is 67.8 Å². The van der Waals surface area contributed by atoms with Gasteiger partial charge in [0.2, 0.25) is 5.91 Å². The number of aryl methyl sites for hydroxylation is 2. The van der Waals surface area contributed by atoms with E-state index in [4.69, 9.17) is 4.74 Å². The molecule has 0 aliphatic rings. The van der Waals surface area contributed by atoms with Crippen molar-refractivity contribution >= 4 is 29.4 Å². The number of hydrogen-bond donors (Lipinski definition) is 2. The summed E-state index contributed by atoms with van der Waals surface area (Å²) in [5.41, 5.74) is 3.51. The Morgan fingerprint density at radius 3 is 2.59 bits per heavy atom. The monoisotopic (exact) mass is 453 g/mol. The Bertz CT molecular complexity index is 1130. The first kappa shape index (κ1) is 23.3. The topological polar surface area (TPSA) is 98.1 Å². The zero-order valence-electron chi connectivity index (χ0n) is 18.8. The molecule has 3 amide bonds. The molecular formula is C23H27N5O3S. The second-order valence-electron chi connectivity index (χ2n) is 7.27. The number of anilines is 1. The molecule has 1 atom stereocenters. The molecule has 0 bridgehead atoms. The quantitative estimate of drug-likeness (QED) is 0.514. The second-order valence-corrected chi connectivity index (χ2v) is 8.58. The highest BCUT2D eigenvalue weighted by Gasteiger charge is 2.23. The smallest absolute Gasteiger partial charge is 0.325 e. The molecule has 2 aromatic carbocycles. The van der Waals surface area contributed by atoms with Crippen LogP contribution in [0.5, 0.6) is 5.75 Å². The van der Waals surface area contributed by atoms with Gasteiger partial charge < -0.3 is 14.6 Å². The van der Waals surface area contributed by atoms with Crippen LogP contribution in [-0.2, 0) is 11.3 Å². The first-order valence-corrected chi connectivity index (χ1v) is 11.1. The summed E-state index contributed by atoms with van der Waals surface area (Å²) < 4.78 is 7.36. The second kappa shape index (κ2) is 10.3. The Hall–Kier alpha value is -3.33. The predicted octanol–water partition coefficient (Wildman–Crippen LogP) is 4.42. The van der Waals surface area contributed by atoms with E-state index in [-0.39, 0.29) is 0 Å². The summed E-state index contributed by atoms with van der Waals surface area (Å²) in [5.74, 6) is 0.939. The number of hydrogen-bond acceptors (Lipinski definition) is 6. The molecule has 0 radical (unpaired) electrons. The van der Waals surface area contributed by atoms with Gasteiger partial charge in [-0.2, -0.15) is 0 Å². The fraction of sp³-hybridized carbons (Fsp3) is 0.304. The lowest BCUT2D eigenvalue weighted by Crippen LogP contribution is -2.39. The summed E-state index contributed by atoms with van der Waals surface area (Å²) in [7, 11) is 1.61. The number of aromatic nitrogens is 3.